The van der Waals surface area contributed by atoms with Gasteiger partial charge in [0.25, 0.3) is 0 Å². The fourth-order valence-corrected chi connectivity index (χ4v) is 1.62. The second kappa shape index (κ2) is 4.52. The molecule has 0 aromatic rings. The zero-order valence-electron chi connectivity index (χ0n) is 8.24. The SMILES string of the molecule is CC#CCCNCC1(C)CCC1. The molecule has 0 unspecified atom stereocenters. The second-order valence-electron chi connectivity index (χ2n) is 4.02. The van der Waals surface area contributed by atoms with Crippen molar-refractivity contribution in [3.8, 4) is 11.8 Å². The van der Waals surface area contributed by atoms with Crippen LogP contribution in [0.3, 0.4) is 0 Å². The van der Waals surface area contributed by atoms with Gasteiger partial charge in [-0.05, 0) is 25.2 Å². The van der Waals surface area contributed by atoms with E-state index in [2.05, 4.69) is 24.1 Å². The minimum atomic E-state index is 0.611. The molecule has 1 aliphatic rings. The Hall–Kier alpha value is -0.480. The minimum Gasteiger partial charge on any atom is -0.315 e. The Morgan fingerprint density at radius 1 is 1.42 bits per heavy atom. The van der Waals surface area contributed by atoms with Gasteiger partial charge >= 0.3 is 0 Å². The first-order valence-corrected chi connectivity index (χ1v) is 4.87. The maximum absolute atomic E-state index is 3.46. The van der Waals surface area contributed by atoms with Crippen molar-refractivity contribution in [3.05, 3.63) is 0 Å². The Kier molecular flexibility index (Phi) is 3.62. The summed E-state index contributed by atoms with van der Waals surface area (Å²) in [7, 11) is 0. The lowest BCUT2D eigenvalue weighted by atomic mass is 9.70. The van der Waals surface area contributed by atoms with Crippen LogP contribution in [0.2, 0.25) is 0 Å². The van der Waals surface area contributed by atoms with E-state index < -0.39 is 0 Å². The Morgan fingerprint density at radius 3 is 2.67 bits per heavy atom. The highest BCUT2D eigenvalue weighted by Gasteiger charge is 2.30. The monoisotopic (exact) mass is 165 g/mol. The van der Waals surface area contributed by atoms with Crippen molar-refractivity contribution >= 4 is 0 Å². The molecule has 0 aromatic heterocycles. The van der Waals surface area contributed by atoms with Crippen molar-refractivity contribution in [1.29, 1.82) is 0 Å². The number of nitrogens with one attached hydrogen (secondary N) is 1. The lowest BCUT2D eigenvalue weighted by Crippen LogP contribution is -2.37. The topological polar surface area (TPSA) is 12.0 Å². The Labute approximate surface area is 75.9 Å². The smallest absolute Gasteiger partial charge is 0.0214 e. The van der Waals surface area contributed by atoms with Gasteiger partial charge in [0, 0.05) is 19.5 Å². The summed E-state index contributed by atoms with van der Waals surface area (Å²) in [4.78, 5) is 0. The lowest BCUT2D eigenvalue weighted by molar-refractivity contribution is 0.157. The molecule has 1 saturated carbocycles. The molecule has 0 aliphatic heterocycles. The van der Waals surface area contributed by atoms with Crippen molar-refractivity contribution < 1.29 is 0 Å². The van der Waals surface area contributed by atoms with Gasteiger partial charge in [-0.3, -0.25) is 0 Å². The van der Waals surface area contributed by atoms with Gasteiger partial charge < -0.3 is 5.32 Å². The molecule has 0 aromatic carbocycles. The Morgan fingerprint density at radius 2 is 2.17 bits per heavy atom. The quantitative estimate of drug-likeness (QED) is 0.497. The van der Waals surface area contributed by atoms with E-state index in [0.29, 0.717) is 5.41 Å². The lowest BCUT2D eigenvalue weighted by Gasteiger charge is -2.38. The molecular formula is C11H19N. The fraction of sp³-hybridized carbons (Fsp3) is 0.818. The maximum atomic E-state index is 3.46. The number of hydrogen-bond donors (Lipinski definition) is 1. The highest BCUT2D eigenvalue weighted by atomic mass is 14.9. The molecule has 0 heterocycles. The molecule has 1 N–H and O–H groups in total. The van der Waals surface area contributed by atoms with Crippen LogP contribution in [0.5, 0.6) is 0 Å². The van der Waals surface area contributed by atoms with Crippen LogP contribution in [0, 0.1) is 17.3 Å². The van der Waals surface area contributed by atoms with E-state index in [9.17, 15) is 0 Å². The van der Waals surface area contributed by atoms with Crippen LogP contribution in [0.15, 0.2) is 0 Å². The van der Waals surface area contributed by atoms with E-state index in [1.807, 2.05) is 6.92 Å². The van der Waals surface area contributed by atoms with Crippen LogP contribution in [0.1, 0.15) is 39.5 Å². The molecule has 0 bridgehead atoms. The maximum Gasteiger partial charge on any atom is 0.0214 e. The highest BCUT2D eigenvalue weighted by molar-refractivity contribution is 4.95. The largest absolute Gasteiger partial charge is 0.315 e. The summed E-state index contributed by atoms with van der Waals surface area (Å²) in [5.74, 6) is 5.96. The number of rotatable bonds is 4. The zero-order chi connectivity index (χ0) is 8.86. The summed E-state index contributed by atoms with van der Waals surface area (Å²) in [6, 6.07) is 0. The van der Waals surface area contributed by atoms with Crippen LogP contribution in [0.4, 0.5) is 0 Å². The summed E-state index contributed by atoms with van der Waals surface area (Å²) in [5, 5.41) is 3.46. The summed E-state index contributed by atoms with van der Waals surface area (Å²) in [5.41, 5.74) is 0.611. The second-order valence-corrected chi connectivity index (χ2v) is 4.02. The molecule has 68 valence electrons. The Balaban J connectivity index is 1.97. The first-order chi connectivity index (χ1) is 5.77. The van der Waals surface area contributed by atoms with Crippen LogP contribution in [-0.2, 0) is 0 Å². The third-order valence-corrected chi connectivity index (χ3v) is 2.72. The first kappa shape index (κ1) is 9.61. The predicted octanol–water partition coefficient (Wildman–Crippen LogP) is 2.18. The highest BCUT2D eigenvalue weighted by Crippen LogP contribution is 2.39. The van der Waals surface area contributed by atoms with Crippen LogP contribution in [-0.4, -0.2) is 13.1 Å². The van der Waals surface area contributed by atoms with E-state index in [4.69, 9.17) is 0 Å². The molecule has 1 rings (SSSR count). The summed E-state index contributed by atoms with van der Waals surface area (Å²) in [6.07, 6.45) is 5.22. The van der Waals surface area contributed by atoms with Crippen molar-refractivity contribution in [2.24, 2.45) is 5.41 Å². The van der Waals surface area contributed by atoms with Gasteiger partial charge in [0.2, 0.25) is 0 Å². The van der Waals surface area contributed by atoms with E-state index >= 15 is 0 Å². The number of hydrogen-bond acceptors (Lipinski definition) is 1. The predicted molar refractivity (Wildman–Crippen MR) is 52.9 cm³/mol. The fourth-order valence-electron chi connectivity index (χ4n) is 1.62. The van der Waals surface area contributed by atoms with Crippen LogP contribution in [0.25, 0.3) is 0 Å². The van der Waals surface area contributed by atoms with Gasteiger partial charge in [0.05, 0.1) is 0 Å². The van der Waals surface area contributed by atoms with Crippen molar-refractivity contribution in [2.75, 3.05) is 13.1 Å². The molecule has 12 heavy (non-hydrogen) atoms. The Bertz CT molecular complexity index is 181. The van der Waals surface area contributed by atoms with Gasteiger partial charge in [0.15, 0.2) is 0 Å². The van der Waals surface area contributed by atoms with Gasteiger partial charge in [-0.25, -0.2) is 0 Å². The molecular weight excluding hydrogens is 146 g/mol. The molecule has 0 atom stereocenters. The normalized spacial score (nSPS) is 19.2. The molecule has 1 heteroatoms. The molecule has 1 fully saturated rings. The van der Waals surface area contributed by atoms with Crippen LogP contribution < -0.4 is 5.32 Å². The average molecular weight is 165 g/mol. The summed E-state index contributed by atoms with van der Waals surface area (Å²) < 4.78 is 0. The molecule has 1 aliphatic carbocycles. The van der Waals surface area contributed by atoms with E-state index in [0.717, 1.165) is 13.0 Å². The van der Waals surface area contributed by atoms with Gasteiger partial charge in [-0.2, -0.15) is 0 Å². The van der Waals surface area contributed by atoms with Gasteiger partial charge in [-0.15, -0.1) is 11.8 Å². The average Bonchev–Trinajstić information content (AvgIpc) is 2.01. The third kappa shape index (κ3) is 2.87. The van der Waals surface area contributed by atoms with Gasteiger partial charge in [-0.1, -0.05) is 13.3 Å². The van der Waals surface area contributed by atoms with E-state index in [-0.39, 0.29) is 0 Å². The molecule has 0 radical (unpaired) electrons. The third-order valence-electron chi connectivity index (χ3n) is 2.72. The minimum absolute atomic E-state index is 0.611. The molecule has 0 saturated heterocycles. The van der Waals surface area contributed by atoms with Crippen LogP contribution >= 0.6 is 0 Å². The standard InChI is InChI=1S/C11H19N/c1-3-4-5-9-12-10-11(2)7-6-8-11/h12H,5-10H2,1-2H3. The van der Waals surface area contributed by atoms with E-state index in [1.165, 1.54) is 25.8 Å². The first-order valence-electron chi connectivity index (χ1n) is 4.87. The zero-order valence-corrected chi connectivity index (χ0v) is 8.24. The van der Waals surface area contributed by atoms with Crippen molar-refractivity contribution in [1.82, 2.24) is 5.32 Å². The van der Waals surface area contributed by atoms with Gasteiger partial charge in [0.1, 0.15) is 0 Å². The molecule has 0 amide bonds. The molecule has 1 nitrogen and oxygen atoms in total. The van der Waals surface area contributed by atoms with E-state index in [1.54, 1.807) is 0 Å². The van der Waals surface area contributed by atoms with Crippen molar-refractivity contribution in [3.63, 3.8) is 0 Å². The van der Waals surface area contributed by atoms with Crippen molar-refractivity contribution in [2.45, 2.75) is 39.5 Å². The molecule has 0 spiro atoms. The summed E-state index contributed by atoms with van der Waals surface area (Å²) in [6.45, 7) is 6.50. The summed E-state index contributed by atoms with van der Waals surface area (Å²) >= 11 is 0.